The number of aliphatic hydroxyl groups is 1. The van der Waals surface area contributed by atoms with Crippen LogP contribution in [0.3, 0.4) is 0 Å². The molecule has 0 fully saturated rings. The van der Waals surface area contributed by atoms with Gasteiger partial charge in [0.15, 0.2) is 0 Å². The first kappa shape index (κ1) is 16.4. The molecule has 0 aliphatic heterocycles. The number of carbonyl (C=O) groups is 1. The number of hydrogen-bond acceptors (Lipinski definition) is 4. The van der Waals surface area contributed by atoms with Crippen LogP contribution in [-0.4, -0.2) is 48.8 Å². The third kappa shape index (κ3) is 6.66. The van der Waals surface area contributed by atoms with E-state index in [0.717, 1.165) is 19.2 Å². The van der Waals surface area contributed by atoms with Gasteiger partial charge in [0.25, 0.3) is 0 Å². The molecule has 0 aromatic rings. The Hall–Kier alpha value is -0.585. The lowest BCUT2D eigenvalue weighted by Crippen LogP contribution is -2.50. The molecule has 0 radical (unpaired) electrons. The number of nitrogens with one attached hydrogen (secondary N) is 1. The summed E-state index contributed by atoms with van der Waals surface area (Å²) >= 11 is 0. The van der Waals surface area contributed by atoms with Crippen molar-refractivity contribution in [3.8, 4) is 0 Å². The quantitative estimate of drug-likeness (QED) is 0.302. The summed E-state index contributed by atoms with van der Waals surface area (Å²) in [6.07, 6.45) is 3.79. The molecule has 5 nitrogen and oxygen atoms in total. The third-order valence-electron chi connectivity index (χ3n) is 2.99. The van der Waals surface area contributed by atoms with E-state index in [1.807, 2.05) is 6.92 Å². The molecule has 17 heavy (non-hydrogen) atoms. The van der Waals surface area contributed by atoms with Crippen LogP contribution >= 0.6 is 0 Å². The molecule has 1 unspecified atom stereocenters. The van der Waals surface area contributed by atoms with E-state index in [2.05, 4.69) is 13.2 Å². The second kappa shape index (κ2) is 8.50. The second-order valence-electron chi connectivity index (χ2n) is 4.71. The fourth-order valence-electron chi connectivity index (χ4n) is 1.64. The Bertz CT molecular complexity index is 229. The molecule has 0 amide bonds. The highest BCUT2D eigenvalue weighted by Gasteiger charge is 2.32. The van der Waals surface area contributed by atoms with Crippen LogP contribution in [0.5, 0.6) is 0 Å². The minimum absolute atomic E-state index is 0.0244. The van der Waals surface area contributed by atoms with Crippen molar-refractivity contribution in [2.75, 3.05) is 13.2 Å². The van der Waals surface area contributed by atoms with Crippen LogP contribution in [-0.2, 0) is 4.79 Å². The number of aliphatic carboxylic acids is 1. The third-order valence-corrected chi connectivity index (χ3v) is 2.99. The number of hydrogen-bond donors (Lipinski definition) is 4. The number of nitrogens with two attached hydrogens (primary N) is 1. The topological polar surface area (TPSA) is 95.6 Å². The summed E-state index contributed by atoms with van der Waals surface area (Å²) in [5.74, 6) is -0.938. The fourth-order valence-corrected chi connectivity index (χ4v) is 1.64. The highest BCUT2D eigenvalue weighted by atomic mass is 16.4. The molecular weight excluding hydrogens is 219 g/mol. The first-order valence-electron chi connectivity index (χ1n) is 6.32. The molecule has 6 heteroatoms. The first-order valence-corrected chi connectivity index (χ1v) is 6.32. The Morgan fingerprint density at radius 2 is 2.12 bits per heavy atom. The van der Waals surface area contributed by atoms with Gasteiger partial charge in [0.2, 0.25) is 0 Å². The molecule has 100 valence electrons. The Balaban J connectivity index is 4.08. The van der Waals surface area contributed by atoms with E-state index >= 15 is 0 Å². The molecular formula is C11H25BN2O3. The van der Waals surface area contributed by atoms with Crippen LogP contribution in [0, 0.1) is 0 Å². The van der Waals surface area contributed by atoms with E-state index in [-0.39, 0.29) is 12.6 Å². The van der Waals surface area contributed by atoms with E-state index in [0.29, 0.717) is 19.4 Å². The molecule has 0 aromatic carbocycles. The summed E-state index contributed by atoms with van der Waals surface area (Å²) in [4.78, 5) is 11.2. The van der Waals surface area contributed by atoms with Crippen molar-refractivity contribution in [2.45, 2.75) is 50.5 Å². The van der Waals surface area contributed by atoms with Gasteiger partial charge in [0.1, 0.15) is 13.4 Å². The second-order valence-corrected chi connectivity index (χ2v) is 4.71. The van der Waals surface area contributed by atoms with Gasteiger partial charge >= 0.3 is 5.97 Å². The van der Waals surface area contributed by atoms with Gasteiger partial charge in [-0.25, -0.2) is 0 Å². The molecule has 0 aliphatic carbocycles. The smallest absolute Gasteiger partial charge is 0.323 e. The number of carboxylic acids is 1. The van der Waals surface area contributed by atoms with E-state index in [4.69, 9.17) is 15.9 Å². The zero-order chi connectivity index (χ0) is 13.3. The van der Waals surface area contributed by atoms with E-state index in [1.54, 1.807) is 0 Å². The lowest BCUT2D eigenvalue weighted by atomic mass is 9.88. The predicted molar refractivity (Wildman–Crippen MR) is 70.9 cm³/mol. The summed E-state index contributed by atoms with van der Waals surface area (Å²) in [5, 5.41) is 21.0. The van der Waals surface area contributed by atoms with E-state index in [9.17, 15) is 4.79 Å². The van der Waals surface area contributed by atoms with Gasteiger partial charge in [-0.3, -0.25) is 4.79 Å². The molecule has 0 aromatic heterocycles. The summed E-state index contributed by atoms with van der Waals surface area (Å²) < 4.78 is 0. The van der Waals surface area contributed by atoms with Crippen molar-refractivity contribution < 1.29 is 15.0 Å². The molecule has 0 bridgehead atoms. The monoisotopic (exact) mass is 244 g/mol. The van der Waals surface area contributed by atoms with Crippen molar-refractivity contribution >= 4 is 13.8 Å². The van der Waals surface area contributed by atoms with Crippen molar-refractivity contribution in [1.82, 2.24) is 5.32 Å². The zero-order valence-electron chi connectivity index (χ0n) is 10.9. The van der Waals surface area contributed by atoms with Gasteiger partial charge in [-0.15, -0.1) is 0 Å². The standard InChI is InChI=1S/C11H25BN2O3/c1-9(8-15)14-7-5-11(13,10(16)17)4-2-3-6-12/h9,14-15H,2-8,12-13H2,1H3,(H,16,17)/t9-,11?/m1/s1. The molecule has 0 heterocycles. The molecule has 0 saturated carbocycles. The van der Waals surface area contributed by atoms with Crippen LogP contribution in [0.4, 0.5) is 0 Å². The Kier molecular flexibility index (Phi) is 8.21. The predicted octanol–water partition coefficient (Wildman–Crippen LogP) is -0.649. The Morgan fingerprint density at radius 3 is 2.59 bits per heavy atom. The summed E-state index contributed by atoms with van der Waals surface area (Å²) in [7, 11) is 2.07. The van der Waals surface area contributed by atoms with Crippen LogP contribution in [0.15, 0.2) is 0 Å². The van der Waals surface area contributed by atoms with Gasteiger partial charge in [-0.2, -0.15) is 0 Å². The maximum Gasteiger partial charge on any atom is 0.323 e. The molecule has 0 saturated heterocycles. The normalized spacial score (nSPS) is 16.4. The lowest BCUT2D eigenvalue weighted by Gasteiger charge is -2.25. The molecule has 5 N–H and O–H groups in total. The molecule has 0 aliphatic rings. The van der Waals surface area contributed by atoms with Gasteiger partial charge in [0, 0.05) is 6.04 Å². The molecule has 2 atom stereocenters. The number of unbranched alkanes of at least 4 members (excludes halogenated alkanes) is 1. The number of rotatable bonds is 10. The first-order chi connectivity index (χ1) is 7.96. The molecule has 0 spiro atoms. The van der Waals surface area contributed by atoms with E-state index in [1.165, 1.54) is 0 Å². The molecule has 0 rings (SSSR count). The van der Waals surface area contributed by atoms with E-state index < -0.39 is 11.5 Å². The average molecular weight is 244 g/mol. The van der Waals surface area contributed by atoms with Gasteiger partial charge in [0.05, 0.1) is 6.61 Å². The zero-order valence-corrected chi connectivity index (χ0v) is 10.9. The summed E-state index contributed by atoms with van der Waals surface area (Å²) in [6.45, 7) is 2.40. The van der Waals surface area contributed by atoms with Crippen molar-refractivity contribution in [3.63, 3.8) is 0 Å². The van der Waals surface area contributed by atoms with Crippen LogP contribution in [0.25, 0.3) is 0 Å². The largest absolute Gasteiger partial charge is 0.480 e. The van der Waals surface area contributed by atoms with Gasteiger partial charge < -0.3 is 21.3 Å². The van der Waals surface area contributed by atoms with Crippen molar-refractivity contribution in [2.24, 2.45) is 5.73 Å². The number of carboxylic acid groups (broad SMARTS) is 1. The van der Waals surface area contributed by atoms with Crippen molar-refractivity contribution in [3.05, 3.63) is 0 Å². The highest BCUT2D eigenvalue weighted by Crippen LogP contribution is 2.16. The van der Waals surface area contributed by atoms with Crippen LogP contribution in [0.2, 0.25) is 6.32 Å². The number of aliphatic hydroxyl groups excluding tert-OH is 1. The Morgan fingerprint density at radius 1 is 1.47 bits per heavy atom. The fraction of sp³-hybridized carbons (Fsp3) is 0.909. The maximum absolute atomic E-state index is 11.2. The van der Waals surface area contributed by atoms with Gasteiger partial charge in [-0.05, 0) is 26.3 Å². The van der Waals surface area contributed by atoms with Crippen LogP contribution < -0.4 is 11.1 Å². The average Bonchev–Trinajstić information content (AvgIpc) is 2.29. The SMILES string of the molecule is BCCCCC(N)(CCN[C@H](C)CO)C(=O)O. The van der Waals surface area contributed by atoms with Crippen LogP contribution in [0.1, 0.15) is 32.6 Å². The highest BCUT2D eigenvalue weighted by molar-refractivity contribution is 6.08. The minimum atomic E-state index is -1.14. The summed E-state index contributed by atoms with van der Waals surface area (Å²) in [6, 6.07) is -0.0244. The van der Waals surface area contributed by atoms with Crippen molar-refractivity contribution in [1.29, 1.82) is 0 Å². The summed E-state index contributed by atoms with van der Waals surface area (Å²) in [5.41, 5.74) is 4.77. The minimum Gasteiger partial charge on any atom is -0.480 e. The maximum atomic E-state index is 11.2. The lowest BCUT2D eigenvalue weighted by molar-refractivity contribution is -0.144. The van der Waals surface area contributed by atoms with Gasteiger partial charge in [-0.1, -0.05) is 19.2 Å². The Labute approximate surface area is 104 Å².